The molecule has 0 radical (unpaired) electrons. The number of likely N-dealkylation sites (tertiary alicyclic amines) is 1. The Balaban J connectivity index is 2.46. The summed E-state index contributed by atoms with van der Waals surface area (Å²) in [6.07, 6.45) is -1.49. The van der Waals surface area contributed by atoms with Crippen LogP contribution in [0.25, 0.3) is 0 Å². The third kappa shape index (κ3) is 1.81. The normalized spacial score (nSPS) is 32.0. The molecule has 1 aliphatic heterocycles. The van der Waals surface area contributed by atoms with Crippen LogP contribution < -0.4 is 10.8 Å². The smallest absolute Gasteiger partial charge is 0.137 e. The lowest BCUT2D eigenvalue weighted by Crippen LogP contribution is -2.55. The van der Waals surface area contributed by atoms with Gasteiger partial charge < -0.3 is 25.6 Å². The van der Waals surface area contributed by atoms with Gasteiger partial charge in [-0.05, 0) is 6.42 Å². The van der Waals surface area contributed by atoms with Crippen molar-refractivity contribution >= 4 is 6.09 Å². The van der Waals surface area contributed by atoms with Crippen LogP contribution in [0.3, 0.4) is 0 Å². The Morgan fingerprint density at radius 1 is 1.73 bits per heavy atom. The third-order valence-electron chi connectivity index (χ3n) is 1.89. The molecule has 0 spiro atoms. The largest absolute Gasteiger partial charge is 0.530 e. The second-order valence-electron chi connectivity index (χ2n) is 2.73. The molecular formula is C6H11N2O3-. The van der Waals surface area contributed by atoms with E-state index in [0.717, 1.165) is 4.90 Å². The van der Waals surface area contributed by atoms with E-state index in [1.54, 1.807) is 0 Å². The van der Waals surface area contributed by atoms with Gasteiger partial charge in [0.2, 0.25) is 0 Å². The number of amides is 1. The van der Waals surface area contributed by atoms with Crippen molar-refractivity contribution in [2.45, 2.75) is 18.6 Å². The SMILES string of the molecule is NC1CCN(C(=O)[O-])CC1O. The first-order valence-corrected chi connectivity index (χ1v) is 3.51. The number of carboxylic acid groups (broad SMARTS) is 1. The molecule has 11 heavy (non-hydrogen) atoms. The lowest BCUT2D eigenvalue weighted by Gasteiger charge is -2.35. The van der Waals surface area contributed by atoms with Crippen molar-refractivity contribution in [3.05, 3.63) is 0 Å². The molecule has 5 heteroatoms. The highest BCUT2D eigenvalue weighted by Crippen LogP contribution is 2.07. The Labute approximate surface area is 64.4 Å². The fourth-order valence-corrected chi connectivity index (χ4v) is 1.12. The van der Waals surface area contributed by atoms with Crippen LogP contribution in [0.4, 0.5) is 4.79 Å². The first-order valence-electron chi connectivity index (χ1n) is 3.51. The number of carbonyl (C=O) groups excluding carboxylic acids is 1. The van der Waals surface area contributed by atoms with Gasteiger partial charge in [0, 0.05) is 19.1 Å². The summed E-state index contributed by atoms with van der Waals surface area (Å²) in [5.41, 5.74) is 5.45. The maximum absolute atomic E-state index is 10.3. The molecule has 64 valence electrons. The summed E-state index contributed by atoms with van der Waals surface area (Å²) in [7, 11) is 0. The van der Waals surface area contributed by atoms with Crippen LogP contribution in [-0.2, 0) is 0 Å². The highest BCUT2D eigenvalue weighted by molar-refractivity contribution is 5.62. The highest BCUT2D eigenvalue weighted by atomic mass is 16.4. The van der Waals surface area contributed by atoms with Gasteiger partial charge in [0.1, 0.15) is 6.09 Å². The van der Waals surface area contributed by atoms with Crippen molar-refractivity contribution in [3.8, 4) is 0 Å². The molecule has 1 heterocycles. The van der Waals surface area contributed by atoms with Gasteiger partial charge in [-0.1, -0.05) is 0 Å². The summed E-state index contributed by atoms with van der Waals surface area (Å²) in [5.74, 6) is 0. The quantitative estimate of drug-likeness (QED) is 0.417. The second kappa shape index (κ2) is 3.06. The lowest BCUT2D eigenvalue weighted by molar-refractivity contribution is -0.267. The standard InChI is InChI=1S/C6H12N2O3/c7-4-1-2-8(6(10)11)3-5(4)9/h4-5,9H,1-3,7H2,(H,10,11)/p-1. The van der Waals surface area contributed by atoms with E-state index < -0.39 is 12.2 Å². The van der Waals surface area contributed by atoms with Crippen LogP contribution in [0.2, 0.25) is 0 Å². The highest BCUT2D eigenvalue weighted by Gasteiger charge is 2.24. The van der Waals surface area contributed by atoms with Crippen molar-refractivity contribution in [2.75, 3.05) is 13.1 Å². The van der Waals surface area contributed by atoms with Crippen LogP contribution >= 0.6 is 0 Å². The number of hydrogen-bond donors (Lipinski definition) is 2. The number of nitrogens with two attached hydrogens (primary N) is 1. The molecule has 2 atom stereocenters. The van der Waals surface area contributed by atoms with Crippen molar-refractivity contribution in [3.63, 3.8) is 0 Å². The molecule has 0 aromatic heterocycles. The Bertz CT molecular complexity index is 162. The van der Waals surface area contributed by atoms with Gasteiger partial charge in [0.15, 0.2) is 0 Å². The summed E-state index contributed by atoms with van der Waals surface area (Å²) in [6.45, 7) is 0.435. The third-order valence-corrected chi connectivity index (χ3v) is 1.89. The number of carbonyl (C=O) groups is 1. The fraction of sp³-hybridized carbons (Fsp3) is 0.833. The minimum Gasteiger partial charge on any atom is -0.530 e. The molecule has 1 fully saturated rings. The maximum atomic E-state index is 10.3. The van der Waals surface area contributed by atoms with Crippen molar-refractivity contribution in [1.29, 1.82) is 0 Å². The van der Waals surface area contributed by atoms with E-state index in [0.29, 0.717) is 13.0 Å². The number of aliphatic hydroxyl groups is 1. The van der Waals surface area contributed by atoms with Gasteiger partial charge in [0.05, 0.1) is 6.10 Å². The Morgan fingerprint density at radius 2 is 2.36 bits per heavy atom. The minimum absolute atomic E-state index is 0.0729. The maximum Gasteiger partial charge on any atom is 0.137 e. The molecular weight excluding hydrogens is 148 g/mol. The lowest BCUT2D eigenvalue weighted by atomic mass is 10.0. The zero-order valence-corrected chi connectivity index (χ0v) is 6.06. The summed E-state index contributed by atoms with van der Waals surface area (Å²) in [4.78, 5) is 11.3. The van der Waals surface area contributed by atoms with Crippen LogP contribution in [0, 0.1) is 0 Å². The topological polar surface area (TPSA) is 89.6 Å². The van der Waals surface area contributed by atoms with Crippen LogP contribution in [0.5, 0.6) is 0 Å². The minimum atomic E-state index is -1.24. The summed E-state index contributed by atoms with van der Waals surface area (Å²) >= 11 is 0. The average Bonchev–Trinajstić information content (AvgIpc) is 1.94. The Hall–Kier alpha value is -0.810. The van der Waals surface area contributed by atoms with E-state index in [4.69, 9.17) is 10.8 Å². The van der Waals surface area contributed by atoms with E-state index in [9.17, 15) is 9.90 Å². The molecule has 0 aliphatic carbocycles. The second-order valence-corrected chi connectivity index (χ2v) is 2.73. The summed E-state index contributed by atoms with van der Waals surface area (Å²) in [5, 5.41) is 19.4. The zero-order valence-electron chi connectivity index (χ0n) is 6.06. The van der Waals surface area contributed by atoms with E-state index in [1.807, 2.05) is 0 Å². The van der Waals surface area contributed by atoms with E-state index >= 15 is 0 Å². The predicted molar refractivity (Wildman–Crippen MR) is 35.6 cm³/mol. The average molecular weight is 159 g/mol. The first-order chi connectivity index (χ1) is 5.11. The van der Waals surface area contributed by atoms with Gasteiger partial charge in [-0.3, -0.25) is 0 Å². The molecule has 1 rings (SSSR count). The number of piperidine rings is 1. The van der Waals surface area contributed by atoms with Gasteiger partial charge >= 0.3 is 0 Å². The van der Waals surface area contributed by atoms with Gasteiger partial charge in [0.25, 0.3) is 0 Å². The molecule has 0 saturated carbocycles. The van der Waals surface area contributed by atoms with Crippen LogP contribution in [0.15, 0.2) is 0 Å². The summed E-state index contributed by atoms with van der Waals surface area (Å²) < 4.78 is 0. The van der Waals surface area contributed by atoms with Crippen molar-refractivity contribution < 1.29 is 15.0 Å². The molecule has 5 nitrogen and oxygen atoms in total. The predicted octanol–water partition coefficient (Wildman–Crippen LogP) is -2.28. The zero-order chi connectivity index (χ0) is 8.43. The molecule has 1 amide bonds. The van der Waals surface area contributed by atoms with Gasteiger partial charge in [-0.15, -0.1) is 0 Å². The number of aliphatic hydroxyl groups excluding tert-OH is 1. The molecule has 3 N–H and O–H groups in total. The molecule has 2 unspecified atom stereocenters. The fourth-order valence-electron chi connectivity index (χ4n) is 1.12. The monoisotopic (exact) mass is 159 g/mol. The Kier molecular flexibility index (Phi) is 2.31. The first kappa shape index (κ1) is 8.29. The summed E-state index contributed by atoms with van der Waals surface area (Å²) in [6, 6.07) is -0.300. The number of rotatable bonds is 0. The van der Waals surface area contributed by atoms with Crippen molar-refractivity contribution in [1.82, 2.24) is 4.90 Å². The van der Waals surface area contributed by atoms with E-state index in [2.05, 4.69) is 0 Å². The number of nitrogens with zero attached hydrogens (tertiary/aromatic N) is 1. The van der Waals surface area contributed by atoms with Gasteiger partial charge in [-0.25, -0.2) is 0 Å². The molecule has 1 saturated heterocycles. The molecule has 1 aliphatic rings. The number of β-amino-alcohol motifs (C(OH)–C–C–N with tert-alkyl or cyclic N) is 1. The number of hydrogen-bond acceptors (Lipinski definition) is 4. The van der Waals surface area contributed by atoms with E-state index in [-0.39, 0.29) is 12.6 Å². The van der Waals surface area contributed by atoms with Gasteiger partial charge in [-0.2, -0.15) is 0 Å². The molecule has 0 bridgehead atoms. The van der Waals surface area contributed by atoms with Crippen LogP contribution in [0.1, 0.15) is 6.42 Å². The molecule has 0 aromatic rings. The van der Waals surface area contributed by atoms with Crippen molar-refractivity contribution in [2.24, 2.45) is 5.73 Å². The molecule has 0 aromatic carbocycles. The van der Waals surface area contributed by atoms with E-state index in [1.165, 1.54) is 0 Å². The van der Waals surface area contributed by atoms with Crippen LogP contribution in [-0.4, -0.2) is 41.3 Å². The Morgan fingerprint density at radius 3 is 2.82 bits per heavy atom.